The maximum atomic E-state index is 12.0. The van der Waals surface area contributed by atoms with Gasteiger partial charge in [0.25, 0.3) is 0 Å². The van der Waals surface area contributed by atoms with Crippen molar-refractivity contribution in [3.05, 3.63) is 42.7 Å². The SMILES string of the molecule is CCOC(=O)C1CCC(Nc2nccc(-n3ccc4c(OCCCS(C)(=O)=O)cccc43)n2)CC1. The molecule has 1 saturated carbocycles. The van der Waals surface area contributed by atoms with Crippen LogP contribution in [-0.4, -0.2) is 60.2 Å². The maximum absolute atomic E-state index is 12.0. The number of rotatable bonds is 10. The highest BCUT2D eigenvalue weighted by atomic mass is 32.2. The van der Waals surface area contributed by atoms with E-state index in [1.165, 1.54) is 6.26 Å². The highest BCUT2D eigenvalue weighted by molar-refractivity contribution is 7.90. The summed E-state index contributed by atoms with van der Waals surface area (Å²) in [5.41, 5.74) is 0.935. The van der Waals surface area contributed by atoms with Gasteiger partial charge in [-0.2, -0.15) is 4.98 Å². The Morgan fingerprint density at radius 1 is 1.17 bits per heavy atom. The van der Waals surface area contributed by atoms with E-state index >= 15 is 0 Å². The Hall–Kier alpha value is -3.14. The predicted molar refractivity (Wildman–Crippen MR) is 135 cm³/mol. The van der Waals surface area contributed by atoms with E-state index in [4.69, 9.17) is 14.5 Å². The van der Waals surface area contributed by atoms with E-state index < -0.39 is 9.84 Å². The van der Waals surface area contributed by atoms with Gasteiger partial charge in [0, 0.05) is 30.1 Å². The number of hydrogen-bond donors (Lipinski definition) is 1. The number of anilines is 1. The third-order valence-electron chi connectivity index (χ3n) is 6.18. The van der Waals surface area contributed by atoms with E-state index in [0.717, 1.165) is 42.4 Å². The number of hydrogen-bond acceptors (Lipinski definition) is 8. The first kappa shape index (κ1) is 25.0. The molecule has 0 radical (unpaired) electrons. The van der Waals surface area contributed by atoms with Crippen LogP contribution in [0.2, 0.25) is 0 Å². The zero-order valence-electron chi connectivity index (χ0n) is 20.1. The topological polar surface area (TPSA) is 112 Å². The Balaban J connectivity index is 1.42. The predicted octanol–water partition coefficient (Wildman–Crippen LogP) is 3.77. The van der Waals surface area contributed by atoms with Crippen LogP contribution < -0.4 is 10.1 Å². The van der Waals surface area contributed by atoms with Crippen molar-refractivity contribution in [2.45, 2.75) is 45.1 Å². The van der Waals surface area contributed by atoms with Crippen molar-refractivity contribution in [1.29, 1.82) is 0 Å². The van der Waals surface area contributed by atoms with Gasteiger partial charge in [0.05, 0.1) is 30.4 Å². The zero-order chi connectivity index (χ0) is 24.8. The molecule has 1 aromatic carbocycles. The van der Waals surface area contributed by atoms with Crippen LogP contribution in [0.4, 0.5) is 5.95 Å². The van der Waals surface area contributed by atoms with Crippen LogP contribution in [0, 0.1) is 5.92 Å². The molecule has 35 heavy (non-hydrogen) atoms. The summed E-state index contributed by atoms with van der Waals surface area (Å²) >= 11 is 0. The number of nitrogens with one attached hydrogen (secondary N) is 1. The zero-order valence-corrected chi connectivity index (χ0v) is 21.0. The number of fused-ring (bicyclic) bond motifs is 1. The average molecular weight is 501 g/mol. The summed E-state index contributed by atoms with van der Waals surface area (Å²) in [7, 11) is -3.00. The Morgan fingerprint density at radius 2 is 1.97 bits per heavy atom. The van der Waals surface area contributed by atoms with Gasteiger partial charge in [-0.15, -0.1) is 0 Å². The smallest absolute Gasteiger partial charge is 0.308 e. The first-order valence-corrected chi connectivity index (χ1v) is 14.1. The molecule has 188 valence electrons. The monoisotopic (exact) mass is 500 g/mol. The van der Waals surface area contributed by atoms with Crippen molar-refractivity contribution in [3.8, 4) is 11.6 Å². The largest absolute Gasteiger partial charge is 0.493 e. The van der Waals surface area contributed by atoms with E-state index in [1.807, 2.05) is 48.0 Å². The van der Waals surface area contributed by atoms with Gasteiger partial charge in [0.15, 0.2) is 0 Å². The van der Waals surface area contributed by atoms with Crippen LogP contribution in [0.3, 0.4) is 0 Å². The fourth-order valence-electron chi connectivity index (χ4n) is 4.44. The number of ether oxygens (including phenoxy) is 2. The minimum atomic E-state index is -3.00. The van der Waals surface area contributed by atoms with Gasteiger partial charge in [-0.1, -0.05) is 6.07 Å². The van der Waals surface area contributed by atoms with E-state index in [9.17, 15) is 13.2 Å². The van der Waals surface area contributed by atoms with Crippen LogP contribution in [-0.2, 0) is 19.4 Å². The average Bonchev–Trinajstić information content (AvgIpc) is 3.27. The fraction of sp³-hybridized carbons (Fsp3) is 0.480. The normalized spacial score (nSPS) is 18.3. The summed E-state index contributed by atoms with van der Waals surface area (Å²) in [6.45, 7) is 2.58. The van der Waals surface area contributed by atoms with Crippen molar-refractivity contribution in [2.75, 3.05) is 30.5 Å². The first-order valence-electron chi connectivity index (χ1n) is 12.0. The van der Waals surface area contributed by atoms with Gasteiger partial charge in [0.2, 0.25) is 5.95 Å². The second-order valence-electron chi connectivity index (χ2n) is 8.89. The highest BCUT2D eigenvalue weighted by Crippen LogP contribution is 2.29. The number of aromatic nitrogens is 3. The van der Waals surface area contributed by atoms with Crippen LogP contribution >= 0.6 is 0 Å². The third kappa shape index (κ3) is 6.50. The second kappa shape index (κ2) is 11.1. The fourth-order valence-corrected chi connectivity index (χ4v) is 5.08. The molecule has 0 aliphatic heterocycles. The van der Waals surface area contributed by atoms with Crippen LogP contribution in [0.5, 0.6) is 5.75 Å². The molecule has 1 fully saturated rings. The van der Waals surface area contributed by atoms with Gasteiger partial charge in [-0.05, 0) is 63.3 Å². The molecule has 1 aliphatic carbocycles. The Labute approximate surface area is 205 Å². The lowest BCUT2D eigenvalue weighted by molar-refractivity contribution is -0.149. The highest BCUT2D eigenvalue weighted by Gasteiger charge is 2.27. The number of carbonyl (C=O) groups excluding carboxylic acids is 1. The molecule has 0 saturated heterocycles. The summed E-state index contributed by atoms with van der Waals surface area (Å²) in [6.07, 6.45) is 8.66. The van der Waals surface area contributed by atoms with Gasteiger partial charge in [0.1, 0.15) is 21.4 Å². The van der Waals surface area contributed by atoms with Crippen molar-refractivity contribution in [3.63, 3.8) is 0 Å². The van der Waals surface area contributed by atoms with Crippen molar-refractivity contribution < 1.29 is 22.7 Å². The molecule has 1 aliphatic rings. The standard InChI is InChI=1S/C25H32N4O5S/c1-3-33-24(30)18-8-10-19(11-9-18)27-25-26-14-12-23(28-25)29-15-13-20-21(29)6-4-7-22(20)34-16-5-17-35(2,31)32/h4,6-7,12-15,18-19H,3,5,8-11,16-17H2,1-2H3,(H,26,27,28). The van der Waals surface area contributed by atoms with Crippen LogP contribution in [0.1, 0.15) is 39.0 Å². The van der Waals surface area contributed by atoms with Gasteiger partial charge >= 0.3 is 5.97 Å². The molecule has 1 N–H and O–H groups in total. The number of nitrogens with zero attached hydrogens (tertiary/aromatic N) is 3. The Morgan fingerprint density at radius 3 is 2.71 bits per heavy atom. The Bertz CT molecular complexity index is 1270. The first-order chi connectivity index (χ1) is 16.8. The molecule has 2 aromatic heterocycles. The maximum Gasteiger partial charge on any atom is 0.308 e. The van der Waals surface area contributed by atoms with E-state index in [1.54, 1.807) is 6.20 Å². The molecule has 0 unspecified atom stereocenters. The number of sulfone groups is 1. The van der Waals surface area contributed by atoms with Gasteiger partial charge in [-0.3, -0.25) is 4.79 Å². The molecular formula is C25H32N4O5S. The van der Waals surface area contributed by atoms with Gasteiger partial charge < -0.3 is 19.4 Å². The summed E-state index contributed by atoms with van der Waals surface area (Å²) in [4.78, 5) is 21.1. The van der Waals surface area contributed by atoms with Crippen LogP contribution in [0.15, 0.2) is 42.7 Å². The minimum Gasteiger partial charge on any atom is -0.493 e. The van der Waals surface area contributed by atoms with Crippen molar-refractivity contribution in [2.24, 2.45) is 5.92 Å². The van der Waals surface area contributed by atoms with E-state index in [0.29, 0.717) is 31.3 Å². The molecule has 10 heteroatoms. The molecule has 9 nitrogen and oxygen atoms in total. The van der Waals surface area contributed by atoms with E-state index in [2.05, 4.69) is 10.3 Å². The number of benzene rings is 1. The molecule has 4 rings (SSSR count). The minimum absolute atomic E-state index is 0.0192. The van der Waals surface area contributed by atoms with Crippen LogP contribution in [0.25, 0.3) is 16.7 Å². The number of carbonyl (C=O) groups is 1. The molecular weight excluding hydrogens is 468 g/mol. The molecule has 0 bridgehead atoms. The van der Waals surface area contributed by atoms with Crippen molar-refractivity contribution >= 4 is 32.7 Å². The lowest BCUT2D eigenvalue weighted by Gasteiger charge is -2.27. The van der Waals surface area contributed by atoms with Gasteiger partial charge in [-0.25, -0.2) is 13.4 Å². The summed E-state index contributed by atoms with van der Waals surface area (Å²) in [5, 5.41) is 4.35. The summed E-state index contributed by atoms with van der Waals surface area (Å²) < 4.78 is 35.7. The molecule has 3 aromatic rings. The summed E-state index contributed by atoms with van der Waals surface area (Å²) in [5.74, 6) is 1.98. The number of esters is 1. The van der Waals surface area contributed by atoms with Crippen molar-refractivity contribution in [1.82, 2.24) is 14.5 Å². The molecule has 0 amide bonds. The summed E-state index contributed by atoms with van der Waals surface area (Å²) in [6, 6.07) is 9.81. The lowest BCUT2D eigenvalue weighted by Crippen LogP contribution is -2.30. The van der Waals surface area contributed by atoms with E-state index in [-0.39, 0.29) is 23.7 Å². The molecule has 0 atom stereocenters. The second-order valence-corrected chi connectivity index (χ2v) is 11.1. The lowest BCUT2D eigenvalue weighted by atomic mass is 9.86. The Kier molecular flexibility index (Phi) is 7.90. The molecule has 0 spiro atoms. The third-order valence-corrected chi connectivity index (χ3v) is 7.21. The molecule has 2 heterocycles. The quantitative estimate of drug-likeness (QED) is 0.331.